The molecule has 0 amide bonds. The molecule has 7 heteroatoms. The largest absolute Gasteiger partial charge is 0.269 e. The Labute approximate surface area is 118 Å². The van der Waals surface area contributed by atoms with E-state index in [-0.39, 0.29) is 5.69 Å². The zero-order valence-corrected chi connectivity index (χ0v) is 11.2. The first-order valence-electron chi connectivity index (χ1n) is 5.82. The first kappa shape index (κ1) is 12.6. The minimum Gasteiger partial charge on any atom is -0.258 e. The summed E-state index contributed by atoms with van der Waals surface area (Å²) in [4.78, 5) is 14.4. The van der Waals surface area contributed by atoms with Gasteiger partial charge in [-0.3, -0.25) is 10.1 Å². The summed E-state index contributed by atoms with van der Waals surface area (Å²) < 4.78 is 1.65. The van der Waals surface area contributed by atoms with Gasteiger partial charge in [0.05, 0.1) is 4.92 Å². The minimum absolute atomic E-state index is 0.0257. The highest BCUT2D eigenvalue weighted by molar-refractivity contribution is 6.32. The van der Waals surface area contributed by atoms with E-state index in [0.717, 1.165) is 11.1 Å². The van der Waals surface area contributed by atoms with Crippen LogP contribution in [0, 0.1) is 17.0 Å². The number of fused-ring (bicyclic) bond motifs is 1. The summed E-state index contributed by atoms with van der Waals surface area (Å²) in [5, 5.41) is 15.3. The van der Waals surface area contributed by atoms with E-state index in [0.29, 0.717) is 16.5 Å². The molecule has 0 radical (unpaired) electrons. The van der Waals surface area contributed by atoms with Crippen molar-refractivity contribution in [2.75, 3.05) is 0 Å². The van der Waals surface area contributed by atoms with Crippen LogP contribution in [-0.4, -0.2) is 19.5 Å². The molecule has 3 rings (SSSR count). The maximum Gasteiger partial charge on any atom is 0.269 e. The van der Waals surface area contributed by atoms with Crippen molar-refractivity contribution in [1.82, 2.24) is 14.6 Å². The van der Waals surface area contributed by atoms with Crippen LogP contribution >= 0.6 is 11.6 Å². The van der Waals surface area contributed by atoms with Crippen molar-refractivity contribution in [2.24, 2.45) is 0 Å². The van der Waals surface area contributed by atoms with Crippen LogP contribution in [0.25, 0.3) is 16.9 Å². The van der Waals surface area contributed by atoms with Crippen LogP contribution in [0.3, 0.4) is 0 Å². The van der Waals surface area contributed by atoms with Gasteiger partial charge in [-0.25, -0.2) is 9.50 Å². The van der Waals surface area contributed by atoms with E-state index in [4.69, 9.17) is 11.6 Å². The SMILES string of the molecule is Cc1cc2c(Cl)nc(-c3ccc([N+](=O)[O-])cc3)nn2c1. The Hall–Kier alpha value is -2.47. The first-order chi connectivity index (χ1) is 9.54. The van der Waals surface area contributed by atoms with Crippen molar-refractivity contribution >= 4 is 22.8 Å². The summed E-state index contributed by atoms with van der Waals surface area (Å²) in [6.45, 7) is 1.94. The number of rotatable bonds is 2. The molecule has 0 saturated carbocycles. The van der Waals surface area contributed by atoms with E-state index in [1.54, 1.807) is 16.6 Å². The molecule has 0 aliphatic rings. The molecule has 0 unspecified atom stereocenters. The molecule has 2 heterocycles. The molecule has 100 valence electrons. The van der Waals surface area contributed by atoms with Gasteiger partial charge < -0.3 is 0 Å². The fourth-order valence-corrected chi connectivity index (χ4v) is 2.17. The molecule has 0 aliphatic heterocycles. The Bertz CT molecular complexity index is 811. The van der Waals surface area contributed by atoms with Crippen molar-refractivity contribution in [2.45, 2.75) is 6.92 Å². The number of nitro benzene ring substituents is 1. The third-order valence-corrected chi connectivity index (χ3v) is 3.17. The molecule has 0 aliphatic carbocycles. The second-order valence-corrected chi connectivity index (χ2v) is 4.74. The van der Waals surface area contributed by atoms with Crippen LogP contribution < -0.4 is 0 Å². The quantitative estimate of drug-likeness (QED) is 0.536. The maximum absolute atomic E-state index is 10.6. The van der Waals surface area contributed by atoms with Crippen molar-refractivity contribution in [3.8, 4) is 11.4 Å². The summed E-state index contributed by atoms with van der Waals surface area (Å²) in [5.41, 5.74) is 2.46. The smallest absolute Gasteiger partial charge is 0.258 e. The topological polar surface area (TPSA) is 73.3 Å². The van der Waals surface area contributed by atoms with Gasteiger partial charge >= 0.3 is 0 Å². The molecule has 3 aromatic rings. The monoisotopic (exact) mass is 288 g/mol. The number of nitrogens with zero attached hydrogens (tertiary/aromatic N) is 4. The van der Waals surface area contributed by atoms with Gasteiger partial charge in [-0.1, -0.05) is 11.6 Å². The number of non-ortho nitro benzene ring substituents is 1. The van der Waals surface area contributed by atoms with Crippen LogP contribution in [-0.2, 0) is 0 Å². The lowest BCUT2D eigenvalue weighted by Crippen LogP contribution is -1.98. The van der Waals surface area contributed by atoms with E-state index >= 15 is 0 Å². The normalized spacial score (nSPS) is 10.9. The van der Waals surface area contributed by atoms with Gasteiger partial charge in [0.2, 0.25) is 0 Å². The van der Waals surface area contributed by atoms with Gasteiger partial charge in [-0.2, -0.15) is 0 Å². The predicted octanol–water partition coefficient (Wildman–Crippen LogP) is 3.27. The summed E-state index contributed by atoms with van der Waals surface area (Å²) in [6, 6.07) is 7.93. The number of nitro groups is 1. The average molecular weight is 289 g/mol. The maximum atomic E-state index is 10.6. The highest BCUT2D eigenvalue weighted by Crippen LogP contribution is 2.23. The van der Waals surface area contributed by atoms with Crippen LogP contribution in [0.15, 0.2) is 36.5 Å². The van der Waals surface area contributed by atoms with E-state index in [1.807, 2.05) is 19.2 Å². The molecule has 1 aromatic carbocycles. The number of halogens is 1. The van der Waals surface area contributed by atoms with Gasteiger partial charge in [-0.05, 0) is 30.7 Å². The molecule has 2 aromatic heterocycles. The van der Waals surface area contributed by atoms with Gasteiger partial charge in [0, 0.05) is 23.9 Å². The van der Waals surface area contributed by atoms with E-state index in [9.17, 15) is 10.1 Å². The van der Waals surface area contributed by atoms with Crippen LogP contribution in [0.1, 0.15) is 5.56 Å². The van der Waals surface area contributed by atoms with E-state index in [1.165, 1.54) is 12.1 Å². The fraction of sp³-hybridized carbons (Fsp3) is 0.0769. The lowest BCUT2D eigenvalue weighted by molar-refractivity contribution is -0.384. The molecule has 0 atom stereocenters. The standard InChI is InChI=1S/C13H9ClN4O2/c1-8-6-11-12(14)15-13(16-17(11)7-8)9-2-4-10(5-3-9)18(19)20/h2-7H,1H3. The molecular weight excluding hydrogens is 280 g/mol. The summed E-state index contributed by atoms with van der Waals surface area (Å²) >= 11 is 6.13. The molecular formula is C13H9ClN4O2. The third kappa shape index (κ3) is 2.10. The molecule has 0 fully saturated rings. The molecule has 0 bridgehead atoms. The highest BCUT2D eigenvalue weighted by atomic mass is 35.5. The van der Waals surface area contributed by atoms with Crippen LogP contribution in [0.4, 0.5) is 5.69 Å². The minimum atomic E-state index is -0.448. The Morgan fingerprint density at radius 1 is 1.30 bits per heavy atom. The van der Waals surface area contributed by atoms with Gasteiger partial charge in [0.1, 0.15) is 5.52 Å². The third-order valence-electron chi connectivity index (χ3n) is 2.89. The molecule has 20 heavy (non-hydrogen) atoms. The summed E-state index contributed by atoms with van der Waals surface area (Å²) in [7, 11) is 0. The summed E-state index contributed by atoms with van der Waals surface area (Å²) in [5.74, 6) is 0.424. The molecule has 0 spiro atoms. The van der Waals surface area contributed by atoms with Crippen molar-refractivity contribution in [3.63, 3.8) is 0 Å². The van der Waals surface area contributed by atoms with Gasteiger partial charge in [0.25, 0.3) is 5.69 Å². The van der Waals surface area contributed by atoms with E-state index < -0.39 is 4.92 Å². The fourth-order valence-electron chi connectivity index (χ4n) is 1.95. The zero-order chi connectivity index (χ0) is 14.3. The highest BCUT2D eigenvalue weighted by Gasteiger charge is 2.11. The second kappa shape index (κ2) is 4.57. The Balaban J connectivity index is 2.11. The molecule has 0 N–H and O–H groups in total. The number of benzene rings is 1. The van der Waals surface area contributed by atoms with E-state index in [2.05, 4.69) is 10.1 Å². The van der Waals surface area contributed by atoms with Gasteiger partial charge in [0.15, 0.2) is 11.0 Å². The van der Waals surface area contributed by atoms with Crippen molar-refractivity contribution < 1.29 is 4.92 Å². The Morgan fingerprint density at radius 2 is 2.00 bits per heavy atom. The average Bonchev–Trinajstić information content (AvgIpc) is 2.80. The zero-order valence-electron chi connectivity index (χ0n) is 10.4. The number of hydrogen-bond donors (Lipinski definition) is 0. The molecule has 0 saturated heterocycles. The number of aryl methyl sites for hydroxylation is 1. The van der Waals surface area contributed by atoms with Crippen molar-refractivity contribution in [3.05, 3.63) is 57.4 Å². The van der Waals surface area contributed by atoms with Crippen LogP contribution in [0.2, 0.25) is 5.15 Å². The number of hydrogen-bond acceptors (Lipinski definition) is 4. The molecule has 6 nitrogen and oxygen atoms in total. The lowest BCUT2D eigenvalue weighted by atomic mass is 10.2. The van der Waals surface area contributed by atoms with Crippen LogP contribution in [0.5, 0.6) is 0 Å². The first-order valence-corrected chi connectivity index (χ1v) is 6.20. The second-order valence-electron chi connectivity index (χ2n) is 4.38. The Morgan fingerprint density at radius 3 is 2.65 bits per heavy atom. The number of aromatic nitrogens is 3. The Kier molecular flexibility index (Phi) is 2.87. The summed E-state index contributed by atoms with van der Waals surface area (Å²) in [6.07, 6.45) is 1.85. The van der Waals surface area contributed by atoms with Gasteiger partial charge in [-0.15, -0.1) is 5.10 Å². The predicted molar refractivity (Wildman–Crippen MR) is 74.8 cm³/mol. The lowest BCUT2D eigenvalue weighted by Gasteiger charge is -2.02. The van der Waals surface area contributed by atoms with Crippen molar-refractivity contribution in [1.29, 1.82) is 0 Å².